The number of methoxy groups -OCH3 is 1. The molecule has 6 heteroatoms. The minimum atomic E-state index is -0.472. The van der Waals surface area contributed by atoms with Crippen LogP contribution in [0.1, 0.15) is 0 Å². The molecule has 16 heavy (non-hydrogen) atoms. The summed E-state index contributed by atoms with van der Waals surface area (Å²) in [5.41, 5.74) is 0.552. The first kappa shape index (κ1) is 10.6. The van der Waals surface area contributed by atoms with Gasteiger partial charge >= 0.3 is 0 Å². The number of nitro groups is 1. The van der Waals surface area contributed by atoms with Gasteiger partial charge in [-0.1, -0.05) is 11.6 Å². The first-order chi connectivity index (χ1) is 7.61. The molecule has 0 N–H and O–H groups in total. The van der Waals surface area contributed by atoms with E-state index in [9.17, 15) is 10.1 Å². The number of halogens is 1. The zero-order valence-corrected chi connectivity index (χ0v) is 9.06. The maximum Gasteiger partial charge on any atom is 0.270 e. The van der Waals surface area contributed by atoms with Gasteiger partial charge in [-0.3, -0.25) is 10.1 Å². The van der Waals surface area contributed by atoms with E-state index in [4.69, 9.17) is 16.3 Å². The van der Waals surface area contributed by atoms with Crippen molar-refractivity contribution in [3.8, 4) is 5.88 Å². The summed E-state index contributed by atoms with van der Waals surface area (Å²) >= 11 is 5.98. The Hall–Kier alpha value is -1.88. The number of rotatable bonds is 2. The second-order valence-electron chi connectivity index (χ2n) is 3.11. The molecule has 1 aromatic heterocycles. The molecule has 0 spiro atoms. The molecule has 0 amide bonds. The van der Waals surface area contributed by atoms with Crippen LogP contribution in [0.3, 0.4) is 0 Å². The number of hydrogen-bond acceptors (Lipinski definition) is 4. The Bertz CT molecular complexity index is 571. The van der Waals surface area contributed by atoms with Crippen molar-refractivity contribution < 1.29 is 9.66 Å². The Labute approximate surface area is 95.8 Å². The molecule has 0 saturated heterocycles. The molecule has 82 valence electrons. The summed E-state index contributed by atoms with van der Waals surface area (Å²) in [5.74, 6) is 0.381. The Morgan fingerprint density at radius 2 is 2.19 bits per heavy atom. The van der Waals surface area contributed by atoms with Gasteiger partial charge in [-0.05, 0) is 6.07 Å². The van der Waals surface area contributed by atoms with Crippen molar-refractivity contribution in [3.05, 3.63) is 39.4 Å². The van der Waals surface area contributed by atoms with E-state index in [2.05, 4.69) is 4.98 Å². The van der Waals surface area contributed by atoms with Gasteiger partial charge in [0.1, 0.15) is 0 Å². The number of benzene rings is 1. The van der Waals surface area contributed by atoms with E-state index in [-0.39, 0.29) is 5.69 Å². The lowest BCUT2D eigenvalue weighted by molar-refractivity contribution is -0.384. The van der Waals surface area contributed by atoms with Crippen LogP contribution in [-0.4, -0.2) is 17.0 Å². The molecule has 0 atom stereocenters. The van der Waals surface area contributed by atoms with Gasteiger partial charge in [-0.2, -0.15) is 0 Å². The van der Waals surface area contributed by atoms with Crippen LogP contribution in [0.15, 0.2) is 24.3 Å². The highest BCUT2D eigenvalue weighted by molar-refractivity contribution is 6.35. The van der Waals surface area contributed by atoms with Crippen molar-refractivity contribution in [2.45, 2.75) is 0 Å². The Morgan fingerprint density at radius 1 is 1.44 bits per heavy atom. The third-order valence-corrected chi connectivity index (χ3v) is 2.45. The third-order valence-electron chi connectivity index (χ3n) is 2.14. The molecule has 0 saturated carbocycles. The van der Waals surface area contributed by atoms with Gasteiger partial charge in [0.2, 0.25) is 5.88 Å². The number of non-ortho nitro benzene ring substituents is 1. The summed E-state index contributed by atoms with van der Waals surface area (Å²) in [4.78, 5) is 14.2. The van der Waals surface area contributed by atoms with Gasteiger partial charge in [0, 0.05) is 23.6 Å². The van der Waals surface area contributed by atoms with Crippen LogP contribution in [0.25, 0.3) is 10.9 Å². The average molecular weight is 239 g/mol. The minimum absolute atomic E-state index is 0.0126. The number of aromatic nitrogens is 1. The molecular weight excluding hydrogens is 232 g/mol. The largest absolute Gasteiger partial charge is 0.481 e. The van der Waals surface area contributed by atoms with Gasteiger partial charge in [-0.15, -0.1) is 0 Å². The number of pyridine rings is 1. The summed E-state index contributed by atoms with van der Waals surface area (Å²) in [5, 5.41) is 11.5. The van der Waals surface area contributed by atoms with Gasteiger partial charge < -0.3 is 4.74 Å². The lowest BCUT2D eigenvalue weighted by Gasteiger charge is -2.03. The van der Waals surface area contributed by atoms with Crippen molar-refractivity contribution in [3.63, 3.8) is 0 Å². The maximum absolute atomic E-state index is 10.6. The molecule has 5 nitrogen and oxygen atoms in total. The summed E-state index contributed by atoms with van der Waals surface area (Å²) in [6, 6.07) is 5.84. The van der Waals surface area contributed by atoms with Crippen LogP contribution in [0.5, 0.6) is 5.88 Å². The second-order valence-corrected chi connectivity index (χ2v) is 3.51. The molecule has 0 aliphatic carbocycles. The molecular formula is C10H7ClN2O3. The monoisotopic (exact) mass is 238 g/mol. The van der Waals surface area contributed by atoms with Gasteiger partial charge in [-0.25, -0.2) is 4.98 Å². The molecule has 1 aromatic carbocycles. The molecule has 1 heterocycles. The van der Waals surface area contributed by atoms with Crippen LogP contribution >= 0.6 is 11.6 Å². The van der Waals surface area contributed by atoms with Crippen molar-refractivity contribution in [1.29, 1.82) is 0 Å². The lowest BCUT2D eigenvalue weighted by atomic mass is 10.2. The van der Waals surface area contributed by atoms with Crippen LogP contribution in [0.4, 0.5) is 5.69 Å². The van der Waals surface area contributed by atoms with Gasteiger partial charge in [0.15, 0.2) is 0 Å². The topological polar surface area (TPSA) is 65.3 Å². The van der Waals surface area contributed by atoms with E-state index in [1.165, 1.54) is 25.3 Å². The molecule has 2 rings (SSSR count). The van der Waals surface area contributed by atoms with Crippen molar-refractivity contribution in [1.82, 2.24) is 4.98 Å². The van der Waals surface area contributed by atoms with E-state index in [0.29, 0.717) is 21.8 Å². The molecule has 0 unspecified atom stereocenters. The summed E-state index contributed by atoms with van der Waals surface area (Å²) < 4.78 is 4.95. The maximum atomic E-state index is 10.6. The quantitative estimate of drug-likeness (QED) is 0.596. The van der Waals surface area contributed by atoms with E-state index < -0.39 is 4.92 Å². The van der Waals surface area contributed by atoms with Gasteiger partial charge in [0.05, 0.1) is 22.6 Å². The van der Waals surface area contributed by atoms with E-state index in [1.54, 1.807) is 6.07 Å². The van der Waals surface area contributed by atoms with E-state index in [1.807, 2.05) is 0 Å². The fourth-order valence-electron chi connectivity index (χ4n) is 1.37. The summed E-state index contributed by atoms with van der Waals surface area (Å²) in [6.07, 6.45) is 0. The van der Waals surface area contributed by atoms with Crippen LogP contribution in [-0.2, 0) is 0 Å². The fourth-order valence-corrected chi connectivity index (χ4v) is 1.61. The Balaban J connectivity index is 2.70. The lowest BCUT2D eigenvalue weighted by Crippen LogP contribution is -1.91. The molecule has 0 aliphatic rings. The molecule has 0 bridgehead atoms. The number of nitrogens with zero attached hydrogens (tertiary/aromatic N) is 2. The predicted molar refractivity (Wildman–Crippen MR) is 60.0 cm³/mol. The van der Waals surface area contributed by atoms with Gasteiger partial charge in [0.25, 0.3) is 5.69 Å². The zero-order valence-electron chi connectivity index (χ0n) is 8.31. The third kappa shape index (κ3) is 1.77. The average Bonchev–Trinajstić information content (AvgIpc) is 2.28. The highest BCUT2D eigenvalue weighted by atomic mass is 35.5. The summed E-state index contributed by atoms with van der Waals surface area (Å²) in [6.45, 7) is 0. The number of hydrogen-bond donors (Lipinski definition) is 0. The fraction of sp³-hybridized carbons (Fsp3) is 0.100. The SMILES string of the molecule is COc1cc(Cl)c2cc([N+](=O)[O-])ccc2n1. The van der Waals surface area contributed by atoms with Crippen molar-refractivity contribution in [2.24, 2.45) is 0 Å². The molecule has 0 aliphatic heterocycles. The molecule has 0 radical (unpaired) electrons. The second kappa shape index (κ2) is 3.94. The first-order valence-corrected chi connectivity index (χ1v) is 4.78. The van der Waals surface area contributed by atoms with E-state index >= 15 is 0 Å². The van der Waals surface area contributed by atoms with Crippen LogP contribution in [0.2, 0.25) is 5.02 Å². The molecule has 0 fully saturated rings. The van der Waals surface area contributed by atoms with Crippen molar-refractivity contribution >= 4 is 28.2 Å². The number of nitro benzene ring substituents is 1. The van der Waals surface area contributed by atoms with Crippen LogP contribution in [0, 0.1) is 10.1 Å². The minimum Gasteiger partial charge on any atom is -0.481 e. The Kier molecular flexibility index (Phi) is 2.62. The highest BCUT2D eigenvalue weighted by Gasteiger charge is 2.10. The number of ether oxygens (including phenoxy) is 1. The van der Waals surface area contributed by atoms with E-state index in [0.717, 1.165) is 0 Å². The summed E-state index contributed by atoms with van der Waals surface area (Å²) in [7, 11) is 1.48. The van der Waals surface area contributed by atoms with Crippen LogP contribution < -0.4 is 4.74 Å². The predicted octanol–water partition coefficient (Wildman–Crippen LogP) is 2.81. The smallest absolute Gasteiger partial charge is 0.270 e. The normalized spacial score (nSPS) is 10.4. The molecule has 2 aromatic rings. The zero-order chi connectivity index (χ0) is 11.7. The highest BCUT2D eigenvalue weighted by Crippen LogP contribution is 2.28. The number of fused-ring (bicyclic) bond motifs is 1. The Morgan fingerprint density at radius 3 is 2.81 bits per heavy atom. The standard InChI is InChI=1S/C10H7ClN2O3/c1-16-10-5-8(11)7-4-6(13(14)15)2-3-9(7)12-10/h2-5H,1H3. The van der Waals surface area contributed by atoms with Crippen molar-refractivity contribution in [2.75, 3.05) is 7.11 Å². The first-order valence-electron chi connectivity index (χ1n) is 4.40.